The third kappa shape index (κ3) is 10.8. The van der Waals surface area contributed by atoms with Gasteiger partial charge in [-0.1, -0.05) is 61.8 Å². The monoisotopic (exact) mass is 638 g/mol. The Morgan fingerprint density at radius 2 is 1.53 bits per heavy atom. The zero-order valence-corrected chi connectivity index (χ0v) is 30.7. The van der Waals surface area contributed by atoms with Gasteiger partial charge in [-0.25, -0.2) is 0 Å². The van der Waals surface area contributed by atoms with E-state index < -0.39 is 12.0 Å². The smallest absolute Gasteiger partial charge is 0.226 e. The van der Waals surface area contributed by atoms with E-state index in [0.29, 0.717) is 19.6 Å². The molecule has 10 heteroatoms. The van der Waals surface area contributed by atoms with Gasteiger partial charge in [0, 0.05) is 59.2 Å². The second-order valence-electron chi connectivity index (χ2n) is 13.9. The van der Waals surface area contributed by atoms with Crippen molar-refractivity contribution in [3.05, 3.63) is 0 Å². The minimum atomic E-state index is -0.535. The highest BCUT2D eigenvalue weighted by atomic mass is 16.5. The van der Waals surface area contributed by atoms with Crippen LogP contribution in [0.5, 0.6) is 0 Å². The van der Waals surface area contributed by atoms with Crippen LogP contribution in [0, 0.1) is 29.6 Å². The first-order valence-corrected chi connectivity index (χ1v) is 17.1. The number of nitrogens with one attached hydrogen (secondary N) is 1. The van der Waals surface area contributed by atoms with Crippen LogP contribution in [0.25, 0.3) is 0 Å². The SMILES string of the molecule is CCC(=O)[C@H](C)[C@@H](OC)[C@@H]1CCCN1C(=O)C[C@@H](OC)[C@H]([C@@H](C)CC)N(C)C(=O)[C@@H](CC(=O)[C@H](C(C)C)N(C)CNC)C(C)C. The molecule has 0 bridgehead atoms. The average Bonchev–Trinajstić information content (AvgIpc) is 3.48. The maximum Gasteiger partial charge on any atom is 0.226 e. The minimum Gasteiger partial charge on any atom is -0.379 e. The molecule has 262 valence electrons. The molecule has 2 amide bonds. The van der Waals surface area contributed by atoms with E-state index in [9.17, 15) is 19.2 Å². The van der Waals surface area contributed by atoms with Crippen LogP contribution in [0.15, 0.2) is 0 Å². The quantitative estimate of drug-likeness (QED) is 0.186. The van der Waals surface area contributed by atoms with Gasteiger partial charge < -0.3 is 24.6 Å². The molecule has 0 aromatic heterocycles. The number of ether oxygens (including phenoxy) is 2. The summed E-state index contributed by atoms with van der Waals surface area (Å²) in [5, 5.41) is 3.12. The summed E-state index contributed by atoms with van der Waals surface area (Å²) in [5.41, 5.74) is 0. The molecule has 1 N–H and O–H groups in total. The highest BCUT2D eigenvalue weighted by Crippen LogP contribution is 2.31. The van der Waals surface area contributed by atoms with Gasteiger partial charge in [0.25, 0.3) is 0 Å². The van der Waals surface area contributed by atoms with Crippen LogP contribution in [-0.2, 0) is 28.7 Å². The first-order valence-electron chi connectivity index (χ1n) is 17.1. The van der Waals surface area contributed by atoms with Crippen molar-refractivity contribution < 1.29 is 28.7 Å². The summed E-state index contributed by atoms with van der Waals surface area (Å²) in [6.45, 7) is 17.1. The molecule has 0 aliphatic carbocycles. The fraction of sp³-hybridized carbons (Fsp3) is 0.886. The molecular formula is C35H66N4O6. The fourth-order valence-electron chi connectivity index (χ4n) is 7.34. The third-order valence-corrected chi connectivity index (χ3v) is 10.1. The lowest BCUT2D eigenvalue weighted by atomic mass is 9.83. The van der Waals surface area contributed by atoms with Crippen molar-refractivity contribution >= 4 is 23.4 Å². The molecule has 1 heterocycles. The van der Waals surface area contributed by atoms with Gasteiger partial charge in [0.1, 0.15) is 5.78 Å². The van der Waals surface area contributed by atoms with Gasteiger partial charge in [0.05, 0.1) is 36.8 Å². The first kappa shape index (κ1) is 41.1. The van der Waals surface area contributed by atoms with Gasteiger partial charge in [0.15, 0.2) is 5.78 Å². The summed E-state index contributed by atoms with van der Waals surface area (Å²) < 4.78 is 11.8. The van der Waals surface area contributed by atoms with E-state index in [1.54, 1.807) is 26.2 Å². The van der Waals surface area contributed by atoms with E-state index in [2.05, 4.69) is 19.2 Å². The molecule has 0 spiro atoms. The molecule has 0 radical (unpaired) electrons. The number of hydrogen-bond donors (Lipinski definition) is 1. The number of methoxy groups -OCH3 is 2. The van der Waals surface area contributed by atoms with Crippen LogP contribution in [0.1, 0.15) is 93.9 Å². The maximum absolute atomic E-state index is 14.2. The molecular weight excluding hydrogens is 572 g/mol. The largest absolute Gasteiger partial charge is 0.379 e. The van der Waals surface area contributed by atoms with E-state index in [1.807, 2.05) is 65.4 Å². The Bertz CT molecular complexity index is 943. The maximum atomic E-state index is 14.2. The topological polar surface area (TPSA) is 108 Å². The number of amides is 2. The molecule has 1 rings (SSSR count). The second-order valence-corrected chi connectivity index (χ2v) is 13.9. The second kappa shape index (κ2) is 19.7. The molecule has 1 aliphatic rings. The predicted molar refractivity (Wildman–Crippen MR) is 180 cm³/mol. The lowest BCUT2D eigenvalue weighted by Gasteiger charge is -2.41. The summed E-state index contributed by atoms with van der Waals surface area (Å²) in [6, 6.07) is -0.843. The van der Waals surface area contributed by atoms with Gasteiger partial charge in [-0.3, -0.25) is 24.1 Å². The number of nitrogens with zero attached hydrogens (tertiary/aromatic N) is 3. The van der Waals surface area contributed by atoms with Gasteiger partial charge in [-0.05, 0) is 44.7 Å². The molecule has 0 unspecified atom stereocenters. The number of carbonyl (C=O) groups is 4. The van der Waals surface area contributed by atoms with Crippen molar-refractivity contribution in [1.82, 2.24) is 20.0 Å². The molecule has 10 nitrogen and oxygen atoms in total. The van der Waals surface area contributed by atoms with Crippen molar-refractivity contribution in [1.29, 1.82) is 0 Å². The van der Waals surface area contributed by atoms with Gasteiger partial charge >= 0.3 is 0 Å². The van der Waals surface area contributed by atoms with E-state index in [4.69, 9.17) is 9.47 Å². The van der Waals surface area contributed by atoms with E-state index in [-0.39, 0.29) is 84.1 Å². The minimum absolute atomic E-state index is 0.0457. The zero-order chi connectivity index (χ0) is 34.6. The fourth-order valence-corrected chi connectivity index (χ4v) is 7.34. The summed E-state index contributed by atoms with van der Waals surface area (Å²) >= 11 is 0. The average molecular weight is 639 g/mol. The Morgan fingerprint density at radius 3 is 2.00 bits per heavy atom. The summed E-state index contributed by atoms with van der Waals surface area (Å²) in [6.07, 6.45) is 2.21. The number of likely N-dealkylation sites (tertiary alicyclic amines) is 1. The number of carbonyl (C=O) groups excluding carboxylic acids is 4. The van der Waals surface area contributed by atoms with Crippen molar-refractivity contribution in [2.75, 3.05) is 48.6 Å². The third-order valence-electron chi connectivity index (χ3n) is 10.1. The van der Waals surface area contributed by atoms with Crippen LogP contribution in [0.3, 0.4) is 0 Å². The van der Waals surface area contributed by atoms with Crippen LogP contribution in [0.4, 0.5) is 0 Å². The van der Waals surface area contributed by atoms with E-state index >= 15 is 0 Å². The number of Topliss-reactive ketones (excluding diaryl/α,β-unsaturated/α-hetero) is 2. The van der Waals surface area contributed by atoms with Crippen molar-refractivity contribution in [3.63, 3.8) is 0 Å². The number of hydrogen-bond acceptors (Lipinski definition) is 8. The summed E-state index contributed by atoms with van der Waals surface area (Å²) in [7, 11) is 8.79. The van der Waals surface area contributed by atoms with Crippen LogP contribution in [0.2, 0.25) is 0 Å². The Morgan fingerprint density at radius 1 is 0.911 bits per heavy atom. The normalized spacial score (nSPS) is 20.2. The van der Waals surface area contributed by atoms with Crippen LogP contribution >= 0.6 is 0 Å². The predicted octanol–water partition coefficient (Wildman–Crippen LogP) is 4.25. The summed E-state index contributed by atoms with van der Waals surface area (Å²) in [5.74, 6) is -0.661. The van der Waals surface area contributed by atoms with E-state index in [0.717, 1.165) is 19.3 Å². The Kier molecular flexibility index (Phi) is 18.0. The van der Waals surface area contributed by atoms with Crippen molar-refractivity contribution in [2.45, 2.75) is 124 Å². The Labute approximate surface area is 274 Å². The lowest BCUT2D eigenvalue weighted by molar-refractivity contribution is -0.149. The molecule has 1 saturated heterocycles. The number of rotatable bonds is 21. The summed E-state index contributed by atoms with van der Waals surface area (Å²) in [4.78, 5) is 59.9. The van der Waals surface area contributed by atoms with Crippen molar-refractivity contribution in [2.24, 2.45) is 29.6 Å². The molecule has 0 aromatic rings. The Hall–Kier alpha value is -1.88. The molecule has 0 aromatic carbocycles. The molecule has 1 aliphatic heterocycles. The molecule has 1 fully saturated rings. The highest BCUT2D eigenvalue weighted by molar-refractivity contribution is 5.90. The highest BCUT2D eigenvalue weighted by Gasteiger charge is 2.43. The standard InChI is InChI=1S/C35H66N4O6/c1-14-24(7)33(38(11)35(43)26(22(3)4)19-29(41)32(23(5)6)37(10)21-36-9)30(44-12)20-31(42)39-18-16-17-27(39)34(45-13)25(8)28(40)15-2/h22-27,30,32-34,36H,14-21H2,1-13H3/t24-,25-,26-,27-,30+,32-,33-,34+/m0/s1. The molecule has 45 heavy (non-hydrogen) atoms. The van der Waals surface area contributed by atoms with E-state index in [1.165, 1.54) is 0 Å². The van der Waals surface area contributed by atoms with Gasteiger partial charge in [0.2, 0.25) is 11.8 Å². The van der Waals surface area contributed by atoms with Gasteiger partial charge in [-0.15, -0.1) is 0 Å². The van der Waals surface area contributed by atoms with Crippen molar-refractivity contribution in [3.8, 4) is 0 Å². The molecule has 8 atom stereocenters. The Balaban J connectivity index is 3.28. The first-order chi connectivity index (χ1) is 21.1. The number of ketones is 2. The molecule has 0 saturated carbocycles. The zero-order valence-electron chi connectivity index (χ0n) is 30.7. The lowest BCUT2D eigenvalue weighted by Crippen LogP contribution is -2.54. The number of likely N-dealkylation sites (N-methyl/N-ethyl adjacent to an activating group) is 2. The van der Waals surface area contributed by atoms with Crippen LogP contribution < -0.4 is 5.32 Å². The van der Waals surface area contributed by atoms with Crippen LogP contribution in [-0.4, -0.2) is 117 Å². The van der Waals surface area contributed by atoms with Gasteiger partial charge in [-0.2, -0.15) is 0 Å².